The molecule has 2 rings (SSSR count). The van der Waals surface area contributed by atoms with Gasteiger partial charge >= 0.3 is 6.18 Å². The summed E-state index contributed by atoms with van der Waals surface area (Å²) in [4.78, 5) is 0. The Bertz CT molecular complexity index is 454. The summed E-state index contributed by atoms with van der Waals surface area (Å²) >= 11 is 0. The van der Waals surface area contributed by atoms with Crippen LogP contribution in [0.2, 0.25) is 0 Å². The number of benzene rings is 1. The molecule has 106 valence electrons. The van der Waals surface area contributed by atoms with Gasteiger partial charge in [0.1, 0.15) is 0 Å². The summed E-state index contributed by atoms with van der Waals surface area (Å²) in [5, 5.41) is 13.1. The molecule has 1 unspecified atom stereocenters. The Morgan fingerprint density at radius 2 is 2.16 bits per heavy atom. The quantitative estimate of drug-likeness (QED) is 0.891. The van der Waals surface area contributed by atoms with Crippen LogP contribution in [0.15, 0.2) is 12.1 Å². The van der Waals surface area contributed by atoms with Gasteiger partial charge in [0.2, 0.25) is 0 Å². The highest BCUT2D eigenvalue weighted by molar-refractivity contribution is 5.51. The first-order valence-electron chi connectivity index (χ1n) is 6.10. The molecule has 1 aromatic carbocycles. The molecule has 19 heavy (non-hydrogen) atoms. The highest BCUT2D eigenvalue weighted by Gasteiger charge is 2.36. The zero-order valence-corrected chi connectivity index (χ0v) is 10.5. The molecule has 1 heterocycles. The van der Waals surface area contributed by atoms with Crippen LogP contribution in [0.5, 0.6) is 11.5 Å². The van der Waals surface area contributed by atoms with Crippen LogP contribution in [0.25, 0.3) is 0 Å². The SMILES string of the molecule is COc1ccc(C(F)(F)F)c(CC2CCNC2)c1O. The second-order valence-electron chi connectivity index (χ2n) is 4.70. The number of halogens is 3. The third-order valence-electron chi connectivity index (χ3n) is 3.43. The van der Waals surface area contributed by atoms with Crippen molar-refractivity contribution in [3.63, 3.8) is 0 Å². The van der Waals surface area contributed by atoms with E-state index in [0.29, 0.717) is 6.54 Å². The van der Waals surface area contributed by atoms with Crippen LogP contribution >= 0.6 is 0 Å². The van der Waals surface area contributed by atoms with Gasteiger partial charge < -0.3 is 15.2 Å². The molecule has 0 spiro atoms. The number of hydrogen-bond acceptors (Lipinski definition) is 3. The van der Waals surface area contributed by atoms with E-state index in [1.165, 1.54) is 7.11 Å². The molecule has 0 aliphatic carbocycles. The number of phenolic OH excluding ortho intramolecular Hbond substituents is 1. The van der Waals surface area contributed by atoms with Crippen molar-refractivity contribution >= 4 is 0 Å². The second kappa shape index (κ2) is 5.28. The van der Waals surface area contributed by atoms with Gasteiger partial charge in [-0.2, -0.15) is 13.2 Å². The lowest BCUT2D eigenvalue weighted by Crippen LogP contribution is -2.15. The number of rotatable bonds is 3. The fourth-order valence-electron chi connectivity index (χ4n) is 2.43. The molecule has 1 aromatic rings. The molecule has 6 heteroatoms. The van der Waals surface area contributed by atoms with Gasteiger partial charge in [-0.25, -0.2) is 0 Å². The van der Waals surface area contributed by atoms with E-state index in [4.69, 9.17) is 4.74 Å². The van der Waals surface area contributed by atoms with Crippen LogP contribution in [-0.4, -0.2) is 25.3 Å². The molecule has 1 aliphatic heterocycles. The van der Waals surface area contributed by atoms with Crippen molar-refractivity contribution in [3.05, 3.63) is 23.3 Å². The third-order valence-corrected chi connectivity index (χ3v) is 3.43. The lowest BCUT2D eigenvalue weighted by Gasteiger charge is -2.18. The van der Waals surface area contributed by atoms with Crippen molar-refractivity contribution in [3.8, 4) is 11.5 Å². The first-order chi connectivity index (χ1) is 8.93. The Balaban J connectivity index is 2.40. The van der Waals surface area contributed by atoms with E-state index in [-0.39, 0.29) is 23.7 Å². The van der Waals surface area contributed by atoms with Crippen LogP contribution in [0.1, 0.15) is 17.5 Å². The topological polar surface area (TPSA) is 41.5 Å². The Morgan fingerprint density at radius 1 is 1.42 bits per heavy atom. The van der Waals surface area contributed by atoms with E-state index in [9.17, 15) is 18.3 Å². The summed E-state index contributed by atoms with van der Waals surface area (Å²) in [6.07, 6.45) is -3.45. The minimum Gasteiger partial charge on any atom is -0.504 e. The summed E-state index contributed by atoms with van der Waals surface area (Å²) in [7, 11) is 1.32. The largest absolute Gasteiger partial charge is 0.504 e. The highest BCUT2D eigenvalue weighted by atomic mass is 19.4. The number of phenols is 1. The summed E-state index contributed by atoms with van der Waals surface area (Å²) in [5.74, 6) is -0.211. The second-order valence-corrected chi connectivity index (χ2v) is 4.70. The minimum atomic E-state index is -4.47. The first kappa shape index (κ1) is 14.0. The third kappa shape index (κ3) is 2.94. The van der Waals surface area contributed by atoms with Gasteiger partial charge in [0.15, 0.2) is 11.5 Å². The zero-order valence-electron chi connectivity index (χ0n) is 10.5. The fourth-order valence-corrected chi connectivity index (χ4v) is 2.43. The molecule has 0 saturated carbocycles. The lowest BCUT2D eigenvalue weighted by molar-refractivity contribution is -0.138. The molecule has 2 N–H and O–H groups in total. The number of aromatic hydroxyl groups is 1. The molecule has 1 saturated heterocycles. The fraction of sp³-hybridized carbons (Fsp3) is 0.538. The number of methoxy groups -OCH3 is 1. The smallest absolute Gasteiger partial charge is 0.416 e. The Labute approximate surface area is 109 Å². The number of nitrogens with one attached hydrogen (secondary N) is 1. The van der Waals surface area contributed by atoms with E-state index in [2.05, 4.69) is 5.32 Å². The maximum absolute atomic E-state index is 13.0. The van der Waals surface area contributed by atoms with Crippen LogP contribution in [0, 0.1) is 5.92 Å². The van der Waals surface area contributed by atoms with Gasteiger partial charge in [0, 0.05) is 5.56 Å². The monoisotopic (exact) mass is 275 g/mol. The Hall–Kier alpha value is -1.43. The van der Waals surface area contributed by atoms with Gasteiger partial charge in [-0.3, -0.25) is 0 Å². The molecular formula is C13H16F3NO2. The van der Waals surface area contributed by atoms with Crippen molar-refractivity contribution in [2.45, 2.75) is 19.0 Å². The summed E-state index contributed by atoms with van der Waals surface area (Å²) in [6, 6.07) is 2.12. The maximum Gasteiger partial charge on any atom is 0.416 e. The van der Waals surface area contributed by atoms with Gasteiger partial charge in [-0.1, -0.05) is 0 Å². The van der Waals surface area contributed by atoms with Crippen LogP contribution < -0.4 is 10.1 Å². The first-order valence-corrected chi connectivity index (χ1v) is 6.10. The van der Waals surface area contributed by atoms with Crippen LogP contribution in [0.4, 0.5) is 13.2 Å². The normalized spacial score (nSPS) is 19.7. The van der Waals surface area contributed by atoms with Crippen molar-refractivity contribution in [1.82, 2.24) is 5.32 Å². The van der Waals surface area contributed by atoms with Crippen LogP contribution in [-0.2, 0) is 12.6 Å². The van der Waals surface area contributed by atoms with E-state index < -0.39 is 17.5 Å². The predicted molar refractivity (Wildman–Crippen MR) is 64.3 cm³/mol. The van der Waals surface area contributed by atoms with Crippen molar-refractivity contribution in [2.75, 3.05) is 20.2 Å². The average molecular weight is 275 g/mol. The Morgan fingerprint density at radius 3 is 2.68 bits per heavy atom. The molecule has 0 radical (unpaired) electrons. The molecule has 0 amide bonds. The summed E-state index contributed by atoms with van der Waals surface area (Å²) in [6.45, 7) is 1.48. The van der Waals surface area contributed by atoms with Gasteiger partial charge in [-0.15, -0.1) is 0 Å². The van der Waals surface area contributed by atoms with Gasteiger partial charge in [-0.05, 0) is 44.0 Å². The lowest BCUT2D eigenvalue weighted by atomic mass is 9.93. The minimum absolute atomic E-state index is 0.0689. The highest BCUT2D eigenvalue weighted by Crippen LogP contribution is 2.41. The van der Waals surface area contributed by atoms with Crippen molar-refractivity contribution in [2.24, 2.45) is 5.92 Å². The van der Waals surface area contributed by atoms with Crippen molar-refractivity contribution in [1.29, 1.82) is 0 Å². The molecule has 1 aliphatic rings. The standard InChI is InChI=1S/C13H16F3NO2/c1-19-11-3-2-10(13(14,15)16)9(12(11)18)6-8-4-5-17-7-8/h2-3,8,17-18H,4-7H2,1H3. The van der Waals surface area contributed by atoms with E-state index >= 15 is 0 Å². The maximum atomic E-state index is 13.0. The molecule has 0 bridgehead atoms. The molecule has 3 nitrogen and oxygen atoms in total. The van der Waals surface area contributed by atoms with Crippen LogP contribution in [0.3, 0.4) is 0 Å². The van der Waals surface area contributed by atoms with E-state index in [1.807, 2.05) is 0 Å². The zero-order chi connectivity index (χ0) is 14.0. The number of hydrogen-bond donors (Lipinski definition) is 2. The van der Waals surface area contributed by atoms with E-state index in [0.717, 1.165) is 25.1 Å². The predicted octanol–water partition coefficient (Wildman–Crippen LogP) is 2.57. The molecular weight excluding hydrogens is 259 g/mol. The molecule has 1 fully saturated rings. The number of alkyl halides is 3. The summed E-state index contributed by atoms with van der Waals surface area (Å²) in [5.41, 5.74) is -0.849. The molecule has 1 atom stereocenters. The Kier molecular flexibility index (Phi) is 3.89. The molecule has 0 aromatic heterocycles. The van der Waals surface area contributed by atoms with Crippen molar-refractivity contribution < 1.29 is 23.0 Å². The van der Waals surface area contributed by atoms with E-state index in [1.54, 1.807) is 0 Å². The van der Waals surface area contributed by atoms with Gasteiger partial charge in [0.05, 0.1) is 12.7 Å². The number of ether oxygens (including phenoxy) is 1. The average Bonchev–Trinajstić information content (AvgIpc) is 2.83. The summed E-state index contributed by atoms with van der Waals surface area (Å²) < 4.78 is 43.8. The van der Waals surface area contributed by atoms with Gasteiger partial charge in [0.25, 0.3) is 0 Å².